The third-order valence-corrected chi connectivity index (χ3v) is 0.651. The number of aliphatic carboxylic acids is 2. The summed E-state index contributed by atoms with van der Waals surface area (Å²) in [6.07, 6.45) is -0.361. The van der Waals surface area contributed by atoms with Gasteiger partial charge in [0.25, 0.3) is 0 Å². The molecule has 0 aliphatic carbocycles. The Labute approximate surface area is 69.0 Å². The van der Waals surface area contributed by atoms with Gasteiger partial charge >= 0.3 is 11.9 Å². The van der Waals surface area contributed by atoms with Gasteiger partial charge in [0.05, 0.1) is 0 Å². The van der Waals surface area contributed by atoms with E-state index in [1.165, 1.54) is 0 Å². The van der Waals surface area contributed by atoms with Gasteiger partial charge in [0, 0.05) is 6.42 Å². The molecule has 6 nitrogen and oxygen atoms in total. The van der Waals surface area contributed by atoms with Crippen molar-refractivity contribution in [3.63, 3.8) is 0 Å². The third kappa shape index (κ3) is 23.7. The molecule has 0 aliphatic rings. The zero-order valence-electron chi connectivity index (χ0n) is 6.61. The van der Waals surface area contributed by atoms with Crippen LogP contribution in [0.15, 0.2) is 0 Å². The van der Waals surface area contributed by atoms with E-state index >= 15 is 0 Å². The van der Waals surface area contributed by atoms with E-state index in [9.17, 15) is 14.4 Å². The van der Waals surface area contributed by atoms with E-state index in [1.54, 1.807) is 6.92 Å². The molecule has 4 N–H and O–H groups in total. The van der Waals surface area contributed by atoms with Crippen LogP contribution in [-0.4, -0.2) is 28.1 Å². The van der Waals surface area contributed by atoms with Crippen LogP contribution in [0.5, 0.6) is 0 Å². The molecule has 0 aromatic carbocycles. The second-order valence-corrected chi connectivity index (χ2v) is 1.78. The first-order chi connectivity index (χ1) is 5.40. The average Bonchev–Trinajstić information content (AvgIpc) is 1.85. The Morgan fingerprint density at radius 3 is 1.42 bits per heavy atom. The fraction of sp³-hybridized carbons (Fsp3) is 0.500. The lowest BCUT2D eigenvalue weighted by Crippen LogP contribution is -2.06. The highest BCUT2D eigenvalue weighted by Crippen LogP contribution is 1.74. The van der Waals surface area contributed by atoms with E-state index in [4.69, 9.17) is 10.2 Å². The van der Waals surface area contributed by atoms with Crippen LogP contribution in [0.4, 0.5) is 0 Å². The lowest BCUT2D eigenvalue weighted by atomic mass is 10.5. The predicted octanol–water partition coefficient (Wildman–Crippen LogP) is -0.573. The van der Waals surface area contributed by atoms with Gasteiger partial charge in [-0.15, -0.1) is 0 Å². The minimum absolute atomic E-state index is 0.245. The van der Waals surface area contributed by atoms with Crippen molar-refractivity contribution < 1.29 is 24.6 Å². The van der Waals surface area contributed by atoms with Crippen LogP contribution in [0, 0.1) is 0 Å². The maximum absolute atomic E-state index is 9.59. The number of nitrogens with two attached hydrogens (primary N) is 1. The van der Waals surface area contributed by atoms with Crippen molar-refractivity contribution in [2.24, 2.45) is 5.73 Å². The van der Waals surface area contributed by atoms with Crippen LogP contribution in [0.25, 0.3) is 0 Å². The van der Waals surface area contributed by atoms with Gasteiger partial charge in [-0.3, -0.25) is 14.4 Å². The predicted molar refractivity (Wildman–Crippen MR) is 39.4 cm³/mol. The molecule has 12 heavy (non-hydrogen) atoms. The average molecular weight is 177 g/mol. The van der Waals surface area contributed by atoms with Gasteiger partial charge in [-0.05, 0) is 0 Å². The molecule has 1 amide bonds. The normalized spacial score (nSPS) is 7.75. The van der Waals surface area contributed by atoms with Gasteiger partial charge in [-0.25, -0.2) is 0 Å². The molecule has 0 heterocycles. The molecule has 0 fully saturated rings. The number of hydrogen-bond acceptors (Lipinski definition) is 3. The minimum Gasteiger partial charge on any atom is -0.481 e. The van der Waals surface area contributed by atoms with Gasteiger partial charge in [0.2, 0.25) is 5.91 Å². The molecule has 0 spiro atoms. The minimum atomic E-state index is -1.31. The number of primary amides is 1. The molecule has 0 saturated carbocycles. The Balaban J connectivity index is 0. The number of carbonyl (C=O) groups is 3. The van der Waals surface area contributed by atoms with Crippen molar-refractivity contribution in [1.82, 2.24) is 0 Å². The summed E-state index contributed by atoms with van der Waals surface area (Å²) < 4.78 is 0. The largest absolute Gasteiger partial charge is 0.481 e. The summed E-state index contributed by atoms with van der Waals surface area (Å²) in [5.41, 5.74) is 4.65. The molecule has 0 rings (SSSR count). The monoisotopic (exact) mass is 177 g/mol. The summed E-state index contributed by atoms with van der Waals surface area (Å²) >= 11 is 0. The summed E-state index contributed by atoms with van der Waals surface area (Å²) in [7, 11) is 0. The van der Waals surface area contributed by atoms with Gasteiger partial charge in [-0.1, -0.05) is 6.92 Å². The Bertz CT molecular complexity index is 165. The van der Waals surface area contributed by atoms with Crippen LogP contribution in [0.3, 0.4) is 0 Å². The smallest absolute Gasteiger partial charge is 0.314 e. The van der Waals surface area contributed by atoms with Crippen molar-refractivity contribution in [3.8, 4) is 0 Å². The first kappa shape index (κ1) is 13.0. The highest BCUT2D eigenvalue weighted by atomic mass is 16.4. The number of carboxylic acids is 2. The molecule has 0 radical (unpaired) electrons. The fourth-order valence-electron chi connectivity index (χ4n) is 0.129. The molecule has 0 aliphatic heterocycles. The van der Waals surface area contributed by atoms with E-state index in [0.717, 1.165) is 0 Å². The zero-order valence-corrected chi connectivity index (χ0v) is 6.61. The molecule has 70 valence electrons. The SMILES string of the molecule is CCC(N)=O.O=C(O)CC(=O)O. The summed E-state index contributed by atoms with van der Waals surface area (Å²) in [6, 6.07) is 0. The Kier molecular flexibility index (Phi) is 8.16. The number of carbonyl (C=O) groups excluding carboxylic acids is 1. The number of amides is 1. The highest BCUT2D eigenvalue weighted by molar-refractivity contribution is 5.88. The Morgan fingerprint density at radius 2 is 1.42 bits per heavy atom. The highest BCUT2D eigenvalue weighted by Gasteiger charge is 2.01. The molecule has 0 saturated heterocycles. The summed E-state index contributed by atoms with van der Waals surface area (Å²) in [5, 5.41) is 15.4. The standard InChI is InChI=1S/C3H7NO.C3H4O4/c1-2-3(4)5;4-2(5)1-3(6)7/h2H2,1H3,(H2,4,5);1H2,(H,4,5)(H,6,7). The van der Waals surface area contributed by atoms with E-state index in [1.807, 2.05) is 0 Å². The molecule has 6 heteroatoms. The number of carboxylic acid groups (broad SMARTS) is 2. The summed E-state index contributed by atoms with van der Waals surface area (Å²) in [5.74, 6) is -2.87. The third-order valence-electron chi connectivity index (χ3n) is 0.651. The van der Waals surface area contributed by atoms with Crippen molar-refractivity contribution in [2.75, 3.05) is 0 Å². The molecular formula is C6H11NO5. The van der Waals surface area contributed by atoms with E-state index in [0.29, 0.717) is 6.42 Å². The molecule has 0 aromatic rings. The van der Waals surface area contributed by atoms with Gasteiger partial charge < -0.3 is 15.9 Å². The second kappa shape index (κ2) is 7.52. The molecule has 0 unspecified atom stereocenters. The molecular weight excluding hydrogens is 166 g/mol. The van der Waals surface area contributed by atoms with Crippen LogP contribution in [-0.2, 0) is 14.4 Å². The van der Waals surface area contributed by atoms with Crippen LogP contribution in [0.2, 0.25) is 0 Å². The van der Waals surface area contributed by atoms with Crippen molar-refractivity contribution >= 4 is 17.8 Å². The number of rotatable bonds is 3. The summed E-state index contributed by atoms with van der Waals surface area (Å²) in [6.45, 7) is 1.72. The first-order valence-corrected chi connectivity index (χ1v) is 3.12. The van der Waals surface area contributed by atoms with Crippen molar-refractivity contribution in [2.45, 2.75) is 19.8 Å². The lowest BCUT2D eigenvalue weighted by Gasteiger charge is -1.80. The molecule has 0 aromatic heterocycles. The van der Waals surface area contributed by atoms with E-state index in [-0.39, 0.29) is 5.91 Å². The van der Waals surface area contributed by atoms with Crippen molar-refractivity contribution in [1.29, 1.82) is 0 Å². The first-order valence-electron chi connectivity index (χ1n) is 3.12. The Hall–Kier alpha value is -1.59. The summed E-state index contributed by atoms with van der Waals surface area (Å²) in [4.78, 5) is 28.4. The van der Waals surface area contributed by atoms with Gasteiger partial charge in [0.1, 0.15) is 6.42 Å². The van der Waals surface area contributed by atoms with Crippen LogP contribution in [0.1, 0.15) is 19.8 Å². The van der Waals surface area contributed by atoms with Crippen LogP contribution >= 0.6 is 0 Å². The second-order valence-electron chi connectivity index (χ2n) is 1.78. The molecule has 0 atom stereocenters. The van der Waals surface area contributed by atoms with E-state index in [2.05, 4.69) is 5.73 Å². The van der Waals surface area contributed by atoms with E-state index < -0.39 is 18.4 Å². The zero-order chi connectivity index (χ0) is 10.1. The van der Waals surface area contributed by atoms with Crippen LogP contribution < -0.4 is 5.73 Å². The lowest BCUT2D eigenvalue weighted by molar-refractivity contribution is -0.147. The topological polar surface area (TPSA) is 118 Å². The Morgan fingerprint density at radius 1 is 1.17 bits per heavy atom. The maximum Gasteiger partial charge on any atom is 0.314 e. The quantitative estimate of drug-likeness (QED) is 0.499. The maximum atomic E-state index is 9.59. The van der Waals surface area contributed by atoms with Crippen molar-refractivity contribution in [3.05, 3.63) is 0 Å². The number of hydrogen-bond donors (Lipinski definition) is 3. The molecule has 0 bridgehead atoms. The van der Waals surface area contributed by atoms with Gasteiger partial charge in [0.15, 0.2) is 0 Å². The fourth-order valence-corrected chi connectivity index (χ4v) is 0.129. The van der Waals surface area contributed by atoms with Gasteiger partial charge in [-0.2, -0.15) is 0 Å².